The van der Waals surface area contributed by atoms with Crippen LogP contribution < -0.4 is 20.1 Å². The number of ether oxygens (including phenoxy) is 2. The molecule has 0 aliphatic rings. The van der Waals surface area contributed by atoms with Gasteiger partial charge in [0.15, 0.2) is 0 Å². The molecule has 3 aromatic carbocycles. The summed E-state index contributed by atoms with van der Waals surface area (Å²) >= 11 is 0. The summed E-state index contributed by atoms with van der Waals surface area (Å²) in [6, 6.07) is 22.2. The van der Waals surface area contributed by atoms with Crippen LogP contribution in [0.5, 0.6) is 11.5 Å². The molecule has 0 aliphatic carbocycles. The summed E-state index contributed by atoms with van der Waals surface area (Å²) in [7, 11) is -9.14. The van der Waals surface area contributed by atoms with Crippen LogP contribution in [0.1, 0.15) is 5.56 Å². The van der Waals surface area contributed by atoms with E-state index in [0.717, 1.165) is 0 Å². The van der Waals surface area contributed by atoms with Crippen LogP contribution in [-0.4, -0.2) is 49.1 Å². The maximum Gasteiger partial charge on any atom is 0.413 e. The molecule has 0 aliphatic heterocycles. The Bertz CT molecular complexity index is 1370. The number of para-hydroxylation sites is 1. The molecular weight excluding hydrogens is 537 g/mol. The maximum atomic E-state index is 12.8. The number of alkyl carbamates (subject to hydrolysis) is 1. The second-order valence-corrected chi connectivity index (χ2v) is 11.1. The average molecular weight is 564 g/mol. The van der Waals surface area contributed by atoms with Crippen LogP contribution in [0.2, 0.25) is 0 Å². The van der Waals surface area contributed by atoms with Gasteiger partial charge in [-0.2, -0.15) is 0 Å². The van der Waals surface area contributed by atoms with Crippen molar-refractivity contribution in [2.24, 2.45) is 0 Å². The topological polar surface area (TPSA) is 180 Å². The van der Waals surface area contributed by atoms with E-state index in [0.29, 0.717) is 17.1 Å². The molecule has 14 heteroatoms. The molecule has 0 aromatic heterocycles. The van der Waals surface area contributed by atoms with Crippen LogP contribution >= 0.6 is 7.60 Å². The summed E-state index contributed by atoms with van der Waals surface area (Å²) in [5.41, 5.74) is -0.867. The Balaban J connectivity index is 1.62. The molecule has 3 aromatic rings. The van der Waals surface area contributed by atoms with Gasteiger partial charge in [-0.15, -0.1) is 0 Å². The third kappa shape index (κ3) is 9.29. The highest BCUT2D eigenvalue weighted by atomic mass is 32.2. The predicted molar refractivity (Wildman–Crippen MR) is 137 cm³/mol. The standard InChI is InChI=1S/C24H26N3O9PS/c28-23(35-17-18-7-3-1-4-8-18)27-19(15-25-24(29)37(30,31)32)16-26-38(33,34)22-13-11-21(12-14-22)36-20-9-5-2-6-10-20/h1-14,19,26H,15-17H2,(H,25,29)(H,27,28)(H2,30,31,32). The van der Waals surface area contributed by atoms with Crippen LogP contribution in [-0.2, 0) is 25.9 Å². The van der Waals surface area contributed by atoms with E-state index < -0.39 is 48.5 Å². The summed E-state index contributed by atoms with van der Waals surface area (Å²) in [5, 5.41) is 4.36. The quantitative estimate of drug-likeness (QED) is 0.207. The molecule has 1 unspecified atom stereocenters. The number of hydrogen-bond acceptors (Lipinski definition) is 7. The monoisotopic (exact) mass is 563 g/mol. The number of sulfonamides is 1. The molecule has 0 radical (unpaired) electrons. The van der Waals surface area contributed by atoms with Crippen molar-refractivity contribution in [2.45, 2.75) is 17.5 Å². The summed E-state index contributed by atoms with van der Waals surface area (Å²) in [6.07, 6.45) is -0.925. The molecule has 202 valence electrons. The van der Waals surface area contributed by atoms with Crippen LogP contribution in [0.25, 0.3) is 0 Å². The zero-order valence-electron chi connectivity index (χ0n) is 19.9. The minimum absolute atomic E-state index is 0.0721. The van der Waals surface area contributed by atoms with E-state index in [2.05, 4.69) is 10.0 Å². The summed E-state index contributed by atoms with van der Waals surface area (Å²) in [6.45, 7) is -0.986. The van der Waals surface area contributed by atoms with Crippen LogP contribution in [0.3, 0.4) is 0 Å². The highest BCUT2D eigenvalue weighted by Crippen LogP contribution is 2.34. The first-order chi connectivity index (χ1) is 18.0. The van der Waals surface area contributed by atoms with E-state index in [-0.39, 0.29) is 11.5 Å². The van der Waals surface area contributed by atoms with Gasteiger partial charge >= 0.3 is 19.3 Å². The maximum absolute atomic E-state index is 12.8. The van der Waals surface area contributed by atoms with Crippen molar-refractivity contribution in [3.05, 3.63) is 90.5 Å². The average Bonchev–Trinajstić information content (AvgIpc) is 2.90. The molecule has 0 spiro atoms. The van der Waals surface area contributed by atoms with Gasteiger partial charge in [-0.25, -0.2) is 22.5 Å². The Hall–Kier alpha value is -3.74. The third-order valence-electron chi connectivity index (χ3n) is 4.93. The lowest BCUT2D eigenvalue weighted by molar-refractivity contribution is 0.135. The smallest absolute Gasteiger partial charge is 0.413 e. The van der Waals surface area contributed by atoms with Crippen LogP contribution in [0, 0.1) is 0 Å². The Labute approximate surface area is 219 Å². The molecule has 5 N–H and O–H groups in total. The van der Waals surface area contributed by atoms with Crippen molar-refractivity contribution in [3.8, 4) is 11.5 Å². The summed E-state index contributed by atoms with van der Waals surface area (Å²) in [5.74, 6) is 0.989. The molecular formula is C24H26N3O9PS. The minimum Gasteiger partial charge on any atom is -0.457 e. The molecule has 0 fully saturated rings. The second-order valence-electron chi connectivity index (χ2n) is 7.87. The van der Waals surface area contributed by atoms with E-state index in [1.54, 1.807) is 54.6 Å². The molecule has 0 saturated heterocycles. The molecule has 2 amide bonds. The molecule has 38 heavy (non-hydrogen) atoms. The number of nitrogens with one attached hydrogen (secondary N) is 3. The Kier molecular flexibility index (Phi) is 9.99. The van der Waals surface area contributed by atoms with Gasteiger partial charge < -0.3 is 29.9 Å². The predicted octanol–water partition coefficient (Wildman–Crippen LogP) is 2.94. The highest BCUT2D eigenvalue weighted by molar-refractivity contribution is 7.89. The summed E-state index contributed by atoms with van der Waals surface area (Å²) in [4.78, 5) is 41.7. The van der Waals surface area contributed by atoms with E-state index in [1.807, 2.05) is 11.4 Å². The first kappa shape index (κ1) is 28.8. The fraction of sp³-hybridized carbons (Fsp3) is 0.167. The molecule has 12 nitrogen and oxygen atoms in total. The zero-order valence-corrected chi connectivity index (χ0v) is 21.6. The SMILES string of the molecule is O=C(NC(CNC(=O)P(=O)(O)O)CNS(=O)(=O)c1ccc(Oc2ccccc2)cc1)OCc1ccccc1. The zero-order chi connectivity index (χ0) is 27.6. The number of hydrogen-bond donors (Lipinski definition) is 5. The normalized spacial score (nSPS) is 12.3. The fourth-order valence-corrected chi connectivity index (χ4v) is 4.40. The largest absolute Gasteiger partial charge is 0.457 e. The lowest BCUT2D eigenvalue weighted by atomic mass is 10.2. The molecule has 3 rings (SSSR count). The third-order valence-corrected chi connectivity index (χ3v) is 7.06. The van der Waals surface area contributed by atoms with Crippen molar-refractivity contribution in [1.82, 2.24) is 15.4 Å². The van der Waals surface area contributed by atoms with E-state index in [9.17, 15) is 22.6 Å². The first-order valence-corrected chi connectivity index (χ1v) is 14.3. The molecule has 0 heterocycles. The van der Waals surface area contributed by atoms with E-state index in [4.69, 9.17) is 19.3 Å². The number of amides is 2. The van der Waals surface area contributed by atoms with Gasteiger partial charge in [0, 0.05) is 13.1 Å². The van der Waals surface area contributed by atoms with Gasteiger partial charge in [0.25, 0.3) is 0 Å². The molecule has 0 bridgehead atoms. The van der Waals surface area contributed by atoms with E-state index >= 15 is 0 Å². The number of carbonyl (C=O) groups is 2. The van der Waals surface area contributed by atoms with Crippen molar-refractivity contribution in [1.29, 1.82) is 0 Å². The van der Waals surface area contributed by atoms with Gasteiger partial charge in [-0.1, -0.05) is 48.5 Å². The lowest BCUT2D eigenvalue weighted by Crippen LogP contribution is -2.49. The van der Waals surface area contributed by atoms with Gasteiger partial charge in [0.2, 0.25) is 10.0 Å². The van der Waals surface area contributed by atoms with Gasteiger partial charge in [0.05, 0.1) is 10.9 Å². The van der Waals surface area contributed by atoms with Crippen LogP contribution in [0.4, 0.5) is 9.59 Å². The van der Waals surface area contributed by atoms with Crippen molar-refractivity contribution in [3.63, 3.8) is 0 Å². The van der Waals surface area contributed by atoms with E-state index in [1.165, 1.54) is 24.3 Å². The highest BCUT2D eigenvalue weighted by Gasteiger charge is 2.27. The second kappa shape index (κ2) is 13.2. The first-order valence-electron chi connectivity index (χ1n) is 11.2. The fourth-order valence-electron chi connectivity index (χ4n) is 3.02. The molecule has 1 atom stereocenters. The minimum atomic E-state index is -5.07. The number of rotatable bonds is 12. The van der Waals surface area contributed by atoms with Crippen molar-refractivity contribution < 1.29 is 41.8 Å². The lowest BCUT2D eigenvalue weighted by Gasteiger charge is -2.20. The Morgan fingerprint density at radius 3 is 2.03 bits per heavy atom. The number of benzene rings is 3. The van der Waals surface area contributed by atoms with Crippen molar-refractivity contribution in [2.75, 3.05) is 13.1 Å². The van der Waals surface area contributed by atoms with Gasteiger partial charge in [-0.3, -0.25) is 4.79 Å². The van der Waals surface area contributed by atoms with Gasteiger partial charge in [0.1, 0.15) is 18.1 Å². The van der Waals surface area contributed by atoms with Crippen LogP contribution in [0.15, 0.2) is 89.8 Å². The Morgan fingerprint density at radius 2 is 1.42 bits per heavy atom. The Morgan fingerprint density at radius 1 is 0.842 bits per heavy atom. The number of carbonyl (C=O) groups excluding carboxylic acids is 2. The van der Waals surface area contributed by atoms with Gasteiger partial charge in [-0.05, 0) is 42.0 Å². The summed E-state index contributed by atoms with van der Waals surface area (Å²) < 4.78 is 49.8. The molecule has 0 saturated carbocycles. The van der Waals surface area contributed by atoms with Crippen molar-refractivity contribution >= 4 is 29.4 Å².